The molecule has 2 heteroatoms. The van der Waals surface area contributed by atoms with Gasteiger partial charge in [0.15, 0.2) is 0 Å². The molecule has 0 amide bonds. The van der Waals surface area contributed by atoms with Gasteiger partial charge in [0.1, 0.15) is 0 Å². The van der Waals surface area contributed by atoms with E-state index in [1.165, 1.54) is 0 Å². The Kier molecular flexibility index (Phi) is 4.93. The van der Waals surface area contributed by atoms with Crippen LogP contribution in [-0.2, 0) is 39.1 Å². The smallest absolute Gasteiger partial charge is 0 e. The first-order chi connectivity index (χ1) is 4.34. The molecule has 0 heterocycles. The zero-order valence-corrected chi connectivity index (χ0v) is 8.64. The van der Waals surface area contributed by atoms with E-state index >= 15 is 0 Å². The van der Waals surface area contributed by atoms with Gasteiger partial charge in [0.2, 0.25) is 0 Å². The first-order valence-electron chi connectivity index (χ1n) is 2.93. The summed E-state index contributed by atoms with van der Waals surface area (Å²) in [5.41, 5.74) is 8.93. The molecule has 0 aromatic heterocycles. The largest absolute Gasteiger partial charge is 0.699 e. The fourth-order valence-corrected chi connectivity index (χ4v) is 0.738. The average molecular weight is 208 g/mol. The molecule has 1 aromatic carbocycles. The molecule has 0 unspecified atom stereocenters. The third kappa shape index (κ3) is 2.39. The van der Waals surface area contributed by atoms with Gasteiger partial charge in [-0.15, -0.1) is 5.69 Å². The van der Waals surface area contributed by atoms with Crippen molar-refractivity contribution < 1.29 is 32.7 Å². The van der Waals surface area contributed by atoms with Crippen molar-refractivity contribution in [3.05, 3.63) is 42.5 Å². The van der Waals surface area contributed by atoms with Gasteiger partial charge in [-0.1, -0.05) is 29.8 Å². The first kappa shape index (κ1) is 10.1. The summed E-state index contributed by atoms with van der Waals surface area (Å²) < 4.78 is 0. The van der Waals surface area contributed by atoms with Crippen LogP contribution < -0.4 is 0 Å². The Morgan fingerprint density at radius 2 is 1.90 bits per heavy atom. The van der Waals surface area contributed by atoms with Gasteiger partial charge < -0.3 is 12.7 Å². The number of hydrogen-bond acceptors (Lipinski definition) is 0. The van der Waals surface area contributed by atoms with Crippen LogP contribution in [0.25, 0.3) is 5.73 Å². The summed E-state index contributed by atoms with van der Waals surface area (Å²) in [4.78, 5) is 0. The first-order valence-corrected chi connectivity index (χ1v) is 2.93. The van der Waals surface area contributed by atoms with Crippen LogP contribution in [0.4, 0.5) is 5.69 Å². The van der Waals surface area contributed by atoms with Gasteiger partial charge in [0.05, 0.1) is 0 Å². The number of benzene rings is 1. The van der Waals surface area contributed by atoms with Crippen molar-refractivity contribution in [1.82, 2.24) is 0 Å². The maximum absolute atomic E-state index is 7.33. The van der Waals surface area contributed by atoms with Crippen LogP contribution >= 0.6 is 0 Å². The second kappa shape index (κ2) is 4.87. The molecular weight excluding hydrogens is 199 g/mol. The van der Waals surface area contributed by atoms with Crippen molar-refractivity contribution in [3.8, 4) is 0 Å². The number of hydrogen-bond donors (Lipinski definition) is 0. The third-order valence-corrected chi connectivity index (χ3v) is 1.29. The Morgan fingerprint density at radius 1 is 1.30 bits per heavy atom. The van der Waals surface area contributed by atoms with Gasteiger partial charge in [-0.3, -0.25) is 0 Å². The van der Waals surface area contributed by atoms with Crippen molar-refractivity contribution in [2.45, 2.75) is 6.42 Å². The van der Waals surface area contributed by atoms with E-state index in [0.29, 0.717) is 12.1 Å². The topological polar surface area (TPSA) is 23.8 Å². The normalized spacial score (nSPS) is 8.50. The van der Waals surface area contributed by atoms with E-state index in [2.05, 4.69) is 6.92 Å². The Morgan fingerprint density at radius 3 is 2.30 bits per heavy atom. The standard InChI is InChI=1S/C8H9N.Y/c1-2-7-5-3-4-6-8(7)9;/h3-6,9H,1-2H2;/q-2;. The summed E-state index contributed by atoms with van der Waals surface area (Å²) in [7, 11) is 0. The van der Waals surface area contributed by atoms with Crippen LogP contribution in [0.2, 0.25) is 0 Å². The SMILES string of the molecule is [CH2-]Cc1ccccc1[NH-].[Y]. The van der Waals surface area contributed by atoms with Gasteiger partial charge in [0, 0.05) is 32.7 Å². The fourth-order valence-electron chi connectivity index (χ4n) is 0.738. The van der Waals surface area contributed by atoms with E-state index in [1.807, 2.05) is 18.2 Å². The quantitative estimate of drug-likeness (QED) is 0.633. The summed E-state index contributed by atoms with van der Waals surface area (Å²) >= 11 is 0. The molecule has 0 aliphatic heterocycles. The summed E-state index contributed by atoms with van der Waals surface area (Å²) in [6, 6.07) is 7.50. The minimum absolute atomic E-state index is 0. The van der Waals surface area contributed by atoms with Crippen molar-refractivity contribution in [2.24, 2.45) is 0 Å². The van der Waals surface area contributed by atoms with Gasteiger partial charge in [0.25, 0.3) is 0 Å². The van der Waals surface area contributed by atoms with E-state index in [1.54, 1.807) is 6.07 Å². The fraction of sp³-hybridized carbons (Fsp3) is 0.125. The molecule has 0 spiro atoms. The van der Waals surface area contributed by atoms with Crippen LogP contribution in [0.15, 0.2) is 24.3 Å². The molecule has 1 aromatic rings. The van der Waals surface area contributed by atoms with Crippen molar-refractivity contribution in [3.63, 3.8) is 0 Å². The van der Waals surface area contributed by atoms with Crippen LogP contribution in [0.1, 0.15) is 5.56 Å². The summed E-state index contributed by atoms with van der Waals surface area (Å²) in [5, 5.41) is 0. The van der Waals surface area contributed by atoms with Crippen molar-refractivity contribution in [2.75, 3.05) is 0 Å². The van der Waals surface area contributed by atoms with E-state index < -0.39 is 0 Å². The molecule has 1 N–H and O–H groups in total. The molecular formula is C8H9NY-2. The molecule has 0 aliphatic carbocycles. The molecule has 51 valence electrons. The van der Waals surface area contributed by atoms with Crippen LogP contribution in [0, 0.1) is 6.92 Å². The molecule has 1 nitrogen and oxygen atoms in total. The Hall–Kier alpha value is 0.124. The number of nitrogens with one attached hydrogen (secondary N) is 1. The Balaban J connectivity index is 0.000000810. The Bertz CT molecular complexity index is 198. The van der Waals surface area contributed by atoms with Gasteiger partial charge in [-0.25, -0.2) is 0 Å². The minimum atomic E-state index is 0. The third-order valence-electron chi connectivity index (χ3n) is 1.29. The minimum Gasteiger partial charge on any atom is -0.699 e. The molecule has 0 saturated heterocycles. The van der Waals surface area contributed by atoms with Crippen LogP contribution in [0.5, 0.6) is 0 Å². The molecule has 0 bridgehead atoms. The summed E-state index contributed by atoms with van der Waals surface area (Å²) in [5.74, 6) is 0. The second-order valence-corrected chi connectivity index (χ2v) is 1.91. The van der Waals surface area contributed by atoms with Crippen LogP contribution in [0.3, 0.4) is 0 Å². The summed E-state index contributed by atoms with van der Waals surface area (Å²) in [6.45, 7) is 3.70. The maximum atomic E-state index is 7.33. The van der Waals surface area contributed by atoms with E-state index in [0.717, 1.165) is 5.56 Å². The second-order valence-electron chi connectivity index (χ2n) is 1.91. The van der Waals surface area contributed by atoms with Gasteiger partial charge in [-0.05, 0) is 0 Å². The van der Waals surface area contributed by atoms with E-state index in [-0.39, 0.29) is 32.7 Å². The van der Waals surface area contributed by atoms with Gasteiger partial charge >= 0.3 is 0 Å². The monoisotopic (exact) mass is 208 g/mol. The molecule has 0 atom stereocenters. The molecule has 10 heavy (non-hydrogen) atoms. The zero-order valence-electron chi connectivity index (χ0n) is 5.80. The molecule has 1 radical (unpaired) electrons. The predicted molar refractivity (Wildman–Crippen MR) is 39.5 cm³/mol. The van der Waals surface area contributed by atoms with Crippen molar-refractivity contribution in [1.29, 1.82) is 0 Å². The van der Waals surface area contributed by atoms with E-state index in [4.69, 9.17) is 5.73 Å². The maximum Gasteiger partial charge on any atom is 0 e. The average Bonchev–Trinajstić information content (AvgIpc) is 1.89. The molecule has 0 aliphatic rings. The number of rotatable bonds is 1. The predicted octanol–water partition coefficient (Wildman–Crippen LogP) is 2.74. The Labute approximate surface area is 86.9 Å². The zero-order chi connectivity index (χ0) is 6.69. The van der Waals surface area contributed by atoms with Crippen LogP contribution in [-0.4, -0.2) is 0 Å². The molecule has 0 saturated carbocycles. The molecule has 0 fully saturated rings. The van der Waals surface area contributed by atoms with Gasteiger partial charge in [-0.2, -0.15) is 6.42 Å². The van der Waals surface area contributed by atoms with E-state index in [9.17, 15) is 0 Å². The van der Waals surface area contributed by atoms with Crippen molar-refractivity contribution >= 4 is 5.69 Å². The molecule has 1 rings (SSSR count). The summed E-state index contributed by atoms with van der Waals surface area (Å²) in [6.07, 6.45) is 0.708.